The molecule has 2 N–H and O–H groups in total. The Balaban J connectivity index is 1.69. The molecule has 0 saturated heterocycles. The van der Waals surface area contributed by atoms with E-state index in [-0.39, 0.29) is 24.8 Å². The van der Waals surface area contributed by atoms with Crippen LogP contribution in [0.15, 0.2) is 30.3 Å². The Morgan fingerprint density at radius 1 is 0.900 bits per heavy atom. The minimum atomic E-state index is -0.269. The zero-order valence-electron chi connectivity index (χ0n) is 17.6. The molecule has 0 saturated carbocycles. The molecule has 0 spiro atoms. The van der Waals surface area contributed by atoms with Crippen LogP contribution in [0.3, 0.4) is 0 Å². The fraction of sp³-hybridized carbons (Fsp3) is 0.364. The minimum absolute atomic E-state index is 0.111. The van der Waals surface area contributed by atoms with Gasteiger partial charge in [0, 0.05) is 18.1 Å². The van der Waals surface area contributed by atoms with Gasteiger partial charge in [-0.2, -0.15) is 0 Å². The number of hydrogen-bond acceptors (Lipinski definition) is 5. The van der Waals surface area contributed by atoms with Crippen LogP contribution < -0.4 is 24.8 Å². The third-order valence-corrected chi connectivity index (χ3v) is 4.96. The summed E-state index contributed by atoms with van der Waals surface area (Å²) in [7, 11) is 3.10. The molecule has 0 unspecified atom stereocenters. The predicted octanol–water partition coefficient (Wildman–Crippen LogP) is 2.83. The number of hydrogen-bond donors (Lipinski definition) is 2. The Labute approximate surface area is 181 Å². The number of carbonyl (C=O) groups excluding carboxylic acids is 2. The van der Waals surface area contributed by atoms with Crippen molar-refractivity contribution in [3.05, 3.63) is 52.0 Å². The second kappa shape index (κ2) is 11.3. The van der Waals surface area contributed by atoms with Crippen molar-refractivity contribution in [3.8, 4) is 17.2 Å². The van der Waals surface area contributed by atoms with Crippen molar-refractivity contribution in [2.75, 3.05) is 33.9 Å². The smallest absolute Gasteiger partial charge is 0.258 e. The van der Waals surface area contributed by atoms with Gasteiger partial charge in [-0.25, -0.2) is 0 Å². The summed E-state index contributed by atoms with van der Waals surface area (Å²) in [6, 6.07) is 8.90. The first-order chi connectivity index (χ1) is 14.3. The lowest BCUT2D eigenvalue weighted by Gasteiger charge is -2.11. The summed E-state index contributed by atoms with van der Waals surface area (Å²) < 4.78 is 15.9. The third-order valence-electron chi connectivity index (χ3n) is 4.36. The first kappa shape index (κ1) is 23.3. The quantitative estimate of drug-likeness (QED) is 0.561. The van der Waals surface area contributed by atoms with Crippen molar-refractivity contribution in [2.24, 2.45) is 0 Å². The maximum Gasteiger partial charge on any atom is 0.258 e. The van der Waals surface area contributed by atoms with E-state index in [1.165, 1.54) is 0 Å². The van der Waals surface area contributed by atoms with Gasteiger partial charge >= 0.3 is 0 Å². The molecule has 0 aliphatic rings. The predicted molar refractivity (Wildman–Crippen MR) is 116 cm³/mol. The van der Waals surface area contributed by atoms with Crippen LogP contribution in [-0.4, -0.2) is 45.7 Å². The highest BCUT2D eigenvalue weighted by Gasteiger charge is 2.09. The molecule has 0 bridgehead atoms. The zero-order chi connectivity index (χ0) is 22.1. The summed E-state index contributed by atoms with van der Waals surface area (Å²) >= 11 is 6.12. The Morgan fingerprint density at radius 2 is 1.50 bits per heavy atom. The van der Waals surface area contributed by atoms with Gasteiger partial charge in [-0.1, -0.05) is 17.7 Å². The number of amides is 2. The standard InChI is InChI=1S/C22H27ClN2O5/c1-14-9-17(10-15(2)22(14)23)30-13-21(27)25-8-7-24-20(26)12-16-5-6-18(28-3)19(11-16)29-4/h5-6,9-11H,7-8,12-13H2,1-4H3,(H,24,26)(H,25,27). The molecule has 2 amide bonds. The van der Waals surface area contributed by atoms with E-state index in [4.69, 9.17) is 25.8 Å². The molecule has 2 rings (SSSR count). The lowest BCUT2D eigenvalue weighted by molar-refractivity contribution is -0.124. The monoisotopic (exact) mass is 434 g/mol. The Hall–Kier alpha value is -2.93. The SMILES string of the molecule is COc1ccc(CC(=O)NCCNC(=O)COc2cc(C)c(Cl)c(C)c2)cc1OC. The van der Waals surface area contributed by atoms with Crippen molar-refractivity contribution >= 4 is 23.4 Å². The molecule has 0 aliphatic heterocycles. The van der Waals surface area contributed by atoms with Gasteiger partial charge in [0.15, 0.2) is 18.1 Å². The van der Waals surface area contributed by atoms with Crippen LogP contribution in [0.5, 0.6) is 17.2 Å². The minimum Gasteiger partial charge on any atom is -0.493 e. The van der Waals surface area contributed by atoms with E-state index in [2.05, 4.69) is 10.6 Å². The number of halogens is 1. The normalized spacial score (nSPS) is 10.3. The van der Waals surface area contributed by atoms with Gasteiger partial charge in [0.05, 0.1) is 20.6 Å². The molecule has 0 radical (unpaired) electrons. The van der Waals surface area contributed by atoms with Gasteiger partial charge in [-0.05, 0) is 54.8 Å². The van der Waals surface area contributed by atoms with E-state index in [1.54, 1.807) is 44.6 Å². The molecular formula is C22H27ClN2O5. The van der Waals surface area contributed by atoms with E-state index >= 15 is 0 Å². The first-order valence-electron chi connectivity index (χ1n) is 9.48. The molecule has 0 fully saturated rings. The van der Waals surface area contributed by atoms with Crippen LogP contribution in [0.1, 0.15) is 16.7 Å². The molecule has 162 valence electrons. The van der Waals surface area contributed by atoms with Gasteiger partial charge in [-0.3, -0.25) is 9.59 Å². The molecule has 0 atom stereocenters. The summed E-state index contributed by atoms with van der Waals surface area (Å²) in [6.45, 7) is 4.27. The van der Waals surface area contributed by atoms with Gasteiger partial charge in [0.2, 0.25) is 5.91 Å². The topological polar surface area (TPSA) is 85.9 Å². The molecule has 0 aromatic heterocycles. The van der Waals surface area contributed by atoms with Crippen LogP contribution in [0, 0.1) is 13.8 Å². The lowest BCUT2D eigenvalue weighted by atomic mass is 10.1. The second-order valence-corrected chi connectivity index (χ2v) is 7.10. The Morgan fingerprint density at radius 3 is 2.10 bits per heavy atom. The highest BCUT2D eigenvalue weighted by molar-refractivity contribution is 6.32. The number of carbonyl (C=O) groups is 2. The van der Waals surface area contributed by atoms with Crippen molar-refractivity contribution in [1.82, 2.24) is 10.6 Å². The molecule has 0 aliphatic carbocycles. The van der Waals surface area contributed by atoms with Crippen LogP contribution >= 0.6 is 11.6 Å². The number of methoxy groups -OCH3 is 2. The largest absolute Gasteiger partial charge is 0.493 e. The molecule has 2 aromatic rings. The number of nitrogens with one attached hydrogen (secondary N) is 2. The molecule has 30 heavy (non-hydrogen) atoms. The molecule has 7 nitrogen and oxygen atoms in total. The molecule has 8 heteroatoms. The average molecular weight is 435 g/mol. The number of rotatable bonds is 10. The highest BCUT2D eigenvalue weighted by Crippen LogP contribution is 2.27. The van der Waals surface area contributed by atoms with Crippen LogP contribution in [-0.2, 0) is 16.0 Å². The maximum absolute atomic E-state index is 12.1. The van der Waals surface area contributed by atoms with Crippen LogP contribution in [0.25, 0.3) is 0 Å². The lowest BCUT2D eigenvalue weighted by Crippen LogP contribution is -2.37. The van der Waals surface area contributed by atoms with Gasteiger partial charge in [-0.15, -0.1) is 0 Å². The number of benzene rings is 2. The molecule has 0 heterocycles. The van der Waals surface area contributed by atoms with Crippen molar-refractivity contribution in [2.45, 2.75) is 20.3 Å². The third kappa shape index (κ3) is 6.84. The summed E-state index contributed by atoms with van der Waals surface area (Å²) in [5.41, 5.74) is 2.59. The van der Waals surface area contributed by atoms with Crippen LogP contribution in [0.4, 0.5) is 0 Å². The Kier molecular flexibility index (Phi) is 8.80. The van der Waals surface area contributed by atoms with Crippen LogP contribution in [0.2, 0.25) is 5.02 Å². The van der Waals surface area contributed by atoms with E-state index < -0.39 is 0 Å². The van der Waals surface area contributed by atoms with Crippen molar-refractivity contribution in [1.29, 1.82) is 0 Å². The maximum atomic E-state index is 12.1. The van der Waals surface area contributed by atoms with Crippen molar-refractivity contribution in [3.63, 3.8) is 0 Å². The highest BCUT2D eigenvalue weighted by atomic mass is 35.5. The average Bonchev–Trinajstić information content (AvgIpc) is 2.73. The fourth-order valence-corrected chi connectivity index (χ4v) is 2.94. The van der Waals surface area contributed by atoms with Crippen molar-refractivity contribution < 1.29 is 23.8 Å². The van der Waals surface area contributed by atoms with Gasteiger partial charge < -0.3 is 24.8 Å². The zero-order valence-corrected chi connectivity index (χ0v) is 18.4. The summed E-state index contributed by atoms with van der Waals surface area (Å²) in [4.78, 5) is 24.0. The summed E-state index contributed by atoms with van der Waals surface area (Å²) in [6.07, 6.45) is 0.201. The first-order valence-corrected chi connectivity index (χ1v) is 9.85. The molecular weight excluding hydrogens is 408 g/mol. The molecule has 2 aromatic carbocycles. The van der Waals surface area contributed by atoms with E-state index in [0.29, 0.717) is 35.4 Å². The van der Waals surface area contributed by atoms with E-state index in [9.17, 15) is 9.59 Å². The van der Waals surface area contributed by atoms with Gasteiger partial charge in [0.1, 0.15) is 5.75 Å². The second-order valence-electron chi connectivity index (χ2n) is 6.73. The van der Waals surface area contributed by atoms with Gasteiger partial charge in [0.25, 0.3) is 5.91 Å². The fourth-order valence-electron chi connectivity index (χ4n) is 2.83. The number of ether oxygens (including phenoxy) is 3. The van der Waals surface area contributed by atoms with E-state index in [1.807, 2.05) is 13.8 Å². The number of aryl methyl sites for hydroxylation is 2. The summed E-state index contributed by atoms with van der Waals surface area (Å²) in [5, 5.41) is 6.16. The van der Waals surface area contributed by atoms with E-state index in [0.717, 1.165) is 16.7 Å². The Bertz CT molecular complexity index is 878. The summed E-state index contributed by atoms with van der Waals surface area (Å²) in [5.74, 6) is 1.35.